The van der Waals surface area contributed by atoms with Crippen LogP contribution in [0.25, 0.3) is 10.2 Å². The molecular weight excluding hydrogens is 470 g/mol. The molecule has 2 amide bonds. The van der Waals surface area contributed by atoms with Gasteiger partial charge in [-0.05, 0) is 62.6 Å². The summed E-state index contributed by atoms with van der Waals surface area (Å²) >= 11 is 2.81. The standard InChI is InChI=1S/C25H25N3O4S2/c1-14-10-11-20-21(12-14)34-25(27-20)28-22(29)15(2)33-17-7-5-6-16(13-17)26-23(30)18-8-3-4-9-19(18)24(31)32/h3-7,10-13,15,18-19H,8-9H2,1-2H3,(H,26,30)(H,31,32)(H,27,28,29). The van der Waals surface area contributed by atoms with Crippen molar-refractivity contribution in [3.05, 3.63) is 60.2 Å². The third-order valence-electron chi connectivity index (χ3n) is 5.64. The second-order valence-electron chi connectivity index (χ2n) is 8.25. The fraction of sp³-hybridized carbons (Fsp3) is 0.280. The molecule has 0 aliphatic heterocycles. The maximum Gasteiger partial charge on any atom is 0.307 e. The number of nitrogens with zero attached hydrogens (tertiary/aromatic N) is 1. The number of fused-ring (bicyclic) bond motifs is 1. The molecule has 9 heteroatoms. The number of aromatic nitrogens is 1. The summed E-state index contributed by atoms with van der Waals surface area (Å²) in [6.07, 6.45) is 4.41. The van der Waals surface area contributed by atoms with Gasteiger partial charge in [0.1, 0.15) is 0 Å². The summed E-state index contributed by atoms with van der Waals surface area (Å²) in [6.45, 7) is 3.83. The van der Waals surface area contributed by atoms with Crippen molar-refractivity contribution in [1.82, 2.24) is 4.98 Å². The number of allylic oxidation sites excluding steroid dienone is 2. The molecule has 1 heterocycles. The number of carbonyl (C=O) groups excluding carboxylic acids is 2. The minimum absolute atomic E-state index is 0.159. The normalized spacial score (nSPS) is 18.4. The molecule has 1 aliphatic rings. The third-order valence-corrected chi connectivity index (χ3v) is 7.67. The van der Waals surface area contributed by atoms with Crippen molar-refractivity contribution >= 4 is 61.9 Å². The number of rotatable bonds is 7. The zero-order valence-corrected chi connectivity index (χ0v) is 20.4. The summed E-state index contributed by atoms with van der Waals surface area (Å²) in [7, 11) is 0. The number of hydrogen-bond acceptors (Lipinski definition) is 6. The number of nitrogens with one attached hydrogen (secondary N) is 2. The fourth-order valence-corrected chi connectivity index (χ4v) is 5.70. The lowest BCUT2D eigenvalue weighted by Gasteiger charge is -2.24. The number of anilines is 2. The van der Waals surface area contributed by atoms with Gasteiger partial charge in [-0.2, -0.15) is 0 Å². The Labute approximate surface area is 205 Å². The minimum Gasteiger partial charge on any atom is -0.481 e. The highest BCUT2D eigenvalue weighted by Crippen LogP contribution is 2.31. The molecule has 34 heavy (non-hydrogen) atoms. The van der Waals surface area contributed by atoms with E-state index in [0.29, 0.717) is 23.7 Å². The maximum atomic E-state index is 12.7. The Morgan fingerprint density at radius 1 is 1.09 bits per heavy atom. The number of carboxylic acids is 1. The lowest BCUT2D eigenvalue weighted by Crippen LogP contribution is -2.34. The van der Waals surface area contributed by atoms with Gasteiger partial charge in [0, 0.05) is 10.6 Å². The van der Waals surface area contributed by atoms with Crippen molar-refractivity contribution in [2.45, 2.75) is 36.8 Å². The SMILES string of the molecule is Cc1ccc2nc(NC(=O)C(C)Sc3cccc(NC(=O)C4CC=CCC4C(=O)O)c3)sc2c1. The van der Waals surface area contributed by atoms with Gasteiger partial charge in [0.2, 0.25) is 11.8 Å². The summed E-state index contributed by atoms with van der Waals surface area (Å²) < 4.78 is 1.03. The molecule has 4 rings (SSSR count). The Bertz CT molecular complexity index is 1270. The lowest BCUT2D eigenvalue weighted by atomic mass is 9.82. The van der Waals surface area contributed by atoms with Crippen LogP contribution in [0.4, 0.5) is 10.8 Å². The maximum absolute atomic E-state index is 12.7. The van der Waals surface area contributed by atoms with Crippen LogP contribution in [0, 0.1) is 18.8 Å². The van der Waals surface area contributed by atoms with Crippen LogP contribution >= 0.6 is 23.1 Å². The second kappa shape index (κ2) is 10.4. The van der Waals surface area contributed by atoms with Crippen LogP contribution in [0.1, 0.15) is 25.3 Å². The molecule has 3 atom stereocenters. The van der Waals surface area contributed by atoms with E-state index in [1.165, 1.54) is 23.1 Å². The average Bonchev–Trinajstić information content (AvgIpc) is 3.20. The Balaban J connectivity index is 1.38. The van der Waals surface area contributed by atoms with Crippen molar-refractivity contribution in [3.63, 3.8) is 0 Å². The molecule has 3 aromatic rings. The Kier molecular flexibility index (Phi) is 7.33. The van der Waals surface area contributed by atoms with E-state index in [4.69, 9.17) is 0 Å². The predicted octanol–water partition coefficient (Wildman–Crippen LogP) is 5.33. The van der Waals surface area contributed by atoms with Gasteiger partial charge < -0.3 is 15.7 Å². The molecule has 0 radical (unpaired) electrons. The van der Waals surface area contributed by atoms with Crippen LogP contribution in [0.5, 0.6) is 0 Å². The third kappa shape index (κ3) is 5.66. The predicted molar refractivity (Wildman–Crippen MR) is 136 cm³/mol. The van der Waals surface area contributed by atoms with Crippen LogP contribution < -0.4 is 10.6 Å². The molecular formula is C25H25N3O4S2. The van der Waals surface area contributed by atoms with Crippen LogP contribution in [0.15, 0.2) is 59.5 Å². The monoisotopic (exact) mass is 495 g/mol. The van der Waals surface area contributed by atoms with Gasteiger partial charge in [-0.3, -0.25) is 14.4 Å². The second-order valence-corrected chi connectivity index (χ2v) is 10.7. The molecule has 0 fully saturated rings. The number of thioether (sulfide) groups is 1. The molecule has 176 valence electrons. The molecule has 1 aromatic heterocycles. The summed E-state index contributed by atoms with van der Waals surface area (Å²) in [5.74, 6) is -2.76. The van der Waals surface area contributed by atoms with E-state index in [1.54, 1.807) is 18.2 Å². The highest BCUT2D eigenvalue weighted by atomic mass is 32.2. The van der Waals surface area contributed by atoms with Crippen molar-refractivity contribution in [3.8, 4) is 0 Å². The number of thiazole rings is 1. The molecule has 0 saturated carbocycles. The smallest absolute Gasteiger partial charge is 0.307 e. The van der Waals surface area contributed by atoms with E-state index >= 15 is 0 Å². The molecule has 3 N–H and O–H groups in total. The van der Waals surface area contributed by atoms with Crippen molar-refractivity contribution < 1.29 is 19.5 Å². The van der Waals surface area contributed by atoms with Gasteiger partial charge in [0.15, 0.2) is 5.13 Å². The van der Waals surface area contributed by atoms with Gasteiger partial charge in [-0.25, -0.2) is 4.98 Å². The van der Waals surface area contributed by atoms with Gasteiger partial charge in [-0.1, -0.05) is 35.6 Å². The van der Waals surface area contributed by atoms with E-state index < -0.39 is 17.8 Å². The van der Waals surface area contributed by atoms with Crippen LogP contribution in [-0.4, -0.2) is 33.1 Å². The first kappa shape index (κ1) is 24.0. The Morgan fingerprint density at radius 2 is 1.85 bits per heavy atom. The molecule has 2 aromatic carbocycles. The molecule has 1 aliphatic carbocycles. The number of amides is 2. The molecule has 0 saturated heterocycles. The Morgan fingerprint density at radius 3 is 2.62 bits per heavy atom. The quantitative estimate of drug-likeness (QED) is 0.302. The first-order valence-electron chi connectivity index (χ1n) is 10.9. The van der Waals surface area contributed by atoms with Gasteiger partial charge >= 0.3 is 5.97 Å². The first-order valence-corrected chi connectivity index (χ1v) is 12.6. The van der Waals surface area contributed by atoms with Crippen molar-refractivity contribution in [2.75, 3.05) is 10.6 Å². The topological polar surface area (TPSA) is 108 Å². The highest BCUT2D eigenvalue weighted by Gasteiger charge is 2.34. The van der Waals surface area contributed by atoms with E-state index in [9.17, 15) is 19.5 Å². The lowest BCUT2D eigenvalue weighted by molar-refractivity contribution is -0.146. The number of hydrogen-bond donors (Lipinski definition) is 3. The molecule has 0 bridgehead atoms. The van der Waals surface area contributed by atoms with E-state index in [-0.39, 0.29) is 17.1 Å². The van der Waals surface area contributed by atoms with Gasteiger partial charge in [0.05, 0.1) is 27.3 Å². The van der Waals surface area contributed by atoms with Crippen LogP contribution in [0.2, 0.25) is 0 Å². The van der Waals surface area contributed by atoms with E-state index in [2.05, 4.69) is 15.6 Å². The number of aryl methyl sites for hydroxylation is 1. The summed E-state index contributed by atoms with van der Waals surface area (Å²) in [4.78, 5) is 42.3. The molecule has 7 nitrogen and oxygen atoms in total. The highest BCUT2D eigenvalue weighted by molar-refractivity contribution is 8.00. The first-order chi connectivity index (χ1) is 16.3. The zero-order valence-electron chi connectivity index (χ0n) is 18.8. The average molecular weight is 496 g/mol. The van der Waals surface area contributed by atoms with Gasteiger partial charge in [0.25, 0.3) is 0 Å². The van der Waals surface area contributed by atoms with Gasteiger partial charge in [-0.15, -0.1) is 11.8 Å². The van der Waals surface area contributed by atoms with Crippen molar-refractivity contribution in [1.29, 1.82) is 0 Å². The molecule has 0 spiro atoms. The fourth-order valence-electron chi connectivity index (χ4n) is 3.81. The summed E-state index contributed by atoms with van der Waals surface area (Å²) in [5, 5.41) is 15.3. The number of carboxylic acid groups (broad SMARTS) is 1. The van der Waals surface area contributed by atoms with Crippen LogP contribution in [0.3, 0.4) is 0 Å². The Hall–Kier alpha value is -3.17. The van der Waals surface area contributed by atoms with E-state index in [1.807, 2.05) is 50.3 Å². The largest absolute Gasteiger partial charge is 0.481 e. The summed E-state index contributed by atoms with van der Waals surface area (Å²) in [6, 6.07) is 13.2. The van der Waals surface area contributed by atoms with Crippen molar-refractivity contribution in [2.24, 2.45) is 11.8 Å². The minimum atomic E-state index is -0.961. The number of aliphatic carboxylic acids is 1. The molecule has 3 unspecified atom stereocenters. The van der Waals surface area contributed by atoms with E-state index in [0.717, 1.165) is 20.7 Å². The number of carbonyl (C=O) groups is 3. The number of benzene rings is 2. The van der Waals surface area contributed by atoms with Crippen LogP contribution in [-0.2, 0) is 14.4 Å². The summed E-state index contributed by atoms with van der Waals surface area (Å²) in [5.41, 5.74) is 2.57. The zero-order chi connectivity index (χ0) is 24.2.